The number of rotatable bonds is 7. The summed E-state index contributed by atoms with van der Waals surface area (Å²) in [5.74, 6) is 0.778. The van der Waals surface area contributed by atoms with E-state index < -0.39 is 0 Å². The number of anilines is 2. The summed E-state index contributed by atoms with van der Waals surface area (Å²) in [4.78, 5) is 38.1. The van der Waals surface area contributed by atoms with Crippen LogP contribution in [0, 0.1) is 6.92 Å². The number of imidazole rings is 1. The minimum atomic E-state index is 0.135. The van der Waals surface area contributed by atoms with Crippen LogP contribution in [0.2, 0.25) is 0 Å². The van der Waals surface area contributed by atoms with Crippen LogP contribution in [0.4, 0.5) is 10.9 Å². The van der Waals surface area contributed by atoms with Crippen molar-refractivity contribution in [2.24, 2.45) is 0 Å². The Kier molecular flexibility index (Phi) is 4.85. The number of aryl methyl sites for hydroxylation is 2. The third-order valence-corrected chi connectivity index (χ3v) is 7.86. The van der Waals surface area contributed by atoms with E-state index in [0.717, 1.165) is 75.5 Å². The van der Waals surface area contributed by atoms with Crippen molar-refractivity contribution in [2.75, 3.05) is 5.32 Å². The van der Waals surface area contributed by atoms with E-state index >= 15 is 0 Å². The molecule has 0 spiro atoms. The van der Waals surface area contributed by atoms with Gasteiger partial charge in [0.05, 0.1) is 17.4 Å². The summed E-state index contributed by atoms with van der Waals surface area (Å²) < 4.78 is 2.06. The molecule has 2 N–H and O–H groups in total. The first-order valence-electron chi connectivity index (χ1n) is 12.5. The number of H-pyrrole nitrogens is 1. The van der Waals surface area contributed by atoms with E-state index in [0.29, 0.717) is 24.4 Å². The minimum absolute atomic E-state index is 0.135. The molecule has 5 aromatic rings. The molecule has 1 amide bonds. The van der Waals surface area contributed by atoms with Gasteiger partial charge >= 0.3 is 0 Å². The van der Waals surface area contributed by atoms with E-state index in [-0.39, 0.29) is 5.91 Å². The summed E-state index contributed by atoms with van der Waals surface area (Å²) in [6, 6.07) is 6.56. The number of nitrogens with one attached hydrogen (secondary N) is 2. The molecule has 0 atom stereocenters. The van der Waals surface area contributed by atoms with Crippen LogP contribution in [0.1, 0.15) is 48.7 Å². The lowest BCUT2D eigenvalue weighted by Crippen LogP contribution is -2.36. The van der Waals surface area contributed by atoms with Gasteiger partial charge in [0.25, 0.3) is 5.91 Å². The van der Waals surface area contributed by atoms with Crippen LogP contribution in [-0.2, 0) is 6.54 Å². The minimum Gasteiger partial charge on any atom is -0.342 e. The average Bonchev–Trinajstić information content (AvgIpc) is 3.79. The molecule has 0 unspecified atom stereocenters. The molecule has 2 aliphatic carbocycles. The lowest BCUT2D eigenvalue weighted by atomic mass is 10.1. The molecule has 0 bridgehead atoms. The van der Waals surface area contributed by atoms with Gasteiger partial charge in [-0.25, -0.2) is 15.0 Å². The number of thiazole rings is 1. The van der Waals surface area contributed by atoms with E-state index in [1.807, 2.05) is 30.5 Å². The average molecular weight is 499 g/mol. The van der Waals surface area contributed by atoms with Crippen molar-refractivity contribution in [3.05, 3.63) is 47.4 Å². The number of hydrogen-bond acceptors (Lipinski definition) is 7. The normalized spacial score (nSPS) is 15.6. The van der Waals surface area contributed by atoms with E-state index in [1.165, 1.54) is 11.3 Å². The van der Waals surface area contributed by atoms with Gasteiger partial charge in [-0.05, 0) is 57.2 Å². The van der Waals surface area contributed by atoms with E-state index in [2.05, 4.69) is 36.7 Å². The van der Waals surface area contributed by atoms with Crippen molar-refractivity contribution in [3.8, 4) is 11.4 Å². The first-order valence-corrected chi connectivity index (χ1v) is 13.3. The van der Waals surface area contributed by atoms with Gasteiger partial charge in [-0.3, -0.25) is 9.78 Å². The first-order chi connectivity index (χ1) is 17.6. The number of amides is 1. The van der Waals surface area contributed by atoms with Crippen LogP contribution in [-0.4, -0.2) is 52.4 Å². The summed E-state index contributed by atoms with van der Waals surface area (Å²) in [6.07, 6.45) is 7.88. The molecule has 2 aliphatic rings. The topological polar surface area (TPSA) is 105 Å². The highest BCUT2D eigenvalue weighted by atomic mass is 32.1. The fourth-order valence-electron chi connectivity index (χ4n) is 5.15. The van der Waals surface area contributed by atoms with E-state index in [9.17, 15) is 4.79 Å². The monoisotopic (exact) mass is 498 g/mol. The van der Waals surface area contributed by atoms with Gasteiger partial charge in [0.2, 0.25) is 0 Å². The predicted octanol–water partition coefficient (Wildman–Crippen LogP) is 5.27. The highest BCUT2D eigenvalue weighted by molar-refractivity contribution is 7.14. The van der Waals surface area contributed by atoms with E-state index in [1.54, 1.807) is 12.5 Å². The maximum Gasteiger partial charge on any atom is 0.271 e. The zero-order chi connectivity index (χ0) is 24.4. The van der Waals surface area contributed by atoms with Crippen LogP contribution in [0.5, 0.6) is 0 Å². The zero-order valence-corrected chi connectivity index (χ0v) is 21.0. The van der Waals surface area contributed by atoms with Gasteiger partial charge < -0.3 is 19.8 Å². The zero-order valence-electron chi connectivity index (χ0n) is 20.2. The van der Waals surface area contributed by atoms with Crippen LogP contribution in [0.3, 0.4) is 0 Å². The van der Waals surface area contributed by atoms with Gasteiger partial charge in [0, 0.05) is 30.2 Å². The van der Waals surface area contributed by atoms with Crippen LogP contribution in [0.25, 0.3) is 33.5 Å². The van der Waals surface area contributed by atoms with Crippen molar-refractivity contribution in [2.45, 2.75) is 58.2 Å². The third-order valence-electron chi connectivity index (χ3n) is 7.10. The Balaban J connectivity index is 1.33. The molecule has 0 aromatic carbocycles. The quantitative estimate of drug-likeness (QED) is 0.317. The second-order valence-electron chi connectivity index (χ2n) is 9.56. The van der Waals surface area contributed by atoms with Crippen LogP contribution in [0.15, 0.2) is 36.1 Å². The third kappa shape index (κ3) is 3.39. The van der Waals surface area contributed by atoms with Crippen LogP contribution < -0.4 is 5.32 Å². The smallest absolute Gasteiger partial charge is 0.271 e. The molecular weight excluding hydrogens is 472 g/mol. The molecule has 9 nitrogen and oxygen atoms in total. The molecule has 0 aliphatic heterocycles. The van der Waals surface area contributed by atoms with Crippen molar-refractivity contribution in [1.82, 2.24) is 34.4 Å². The summed E-state index contributed by atoms with van der Waals surface area (Å²) in [6.45, 7) is 4.75. The molecule has 5 aromatic heterocycles. The molecule has 2 saturated carbocycles. The molecule has 10 heteroatoms. The SMILES string of the molecule is CCn1c(C(=O)N(C2CC2)C2CC2)c(C)c2c3nc[nH]c3c(Nc3nc(-c4ccccn4)cs3)nc21. The van der Waals surface area contributed by atoms with E-state index in [4.69, 9.17) is 9.97 Å². The fourth-order valence-corrected chi connectivity index (χ4v) is 5.85. The molecule has 5 heterocycles. The first kappa shape index (κ1) is 21.5. The molecule has 0 saturated heterocycles. The Labute approximate surface area is 211 Å². The number of nitrogens with zero attached hydrogens (tertiary/aromatic N) is 6. The summed E-state index contributed by atoms with van der Waals surface area (Å²) >= 11 is 1.50. The summed E-state index contributed by atoms with van der Waals surface area (Å²) in [5, 5.41) is 7.02. The van der Waals surface area contributed by atoms with Gasteiger partial charge in [0.1, 0.15) is 28.1 Å². The summed E-state index contributed by atoms with van der Waals surface area (Å²) in [5.41, 5.74) is 5.71. The van der Waals surface area contributed by atoms with Crippen LogP contribution >= 0.6 is 11.3 Å². The Morgan fingerprint density at radius 1 is 1.17 bits per heavy atom. The number of fused-ring (bicyclic) bond motifs is 3. The number of aromatic amines is 1. The fraction of sp³-hybridized carbons (Fsp3) is 0.346. The highest BCUT2D eigenvalue weighted by Crippen LogP contribution is 2.41. The second kappa shape index (κ2) is 8.12. The van der Waals surface area contributed by atoms with Gasteiger partial charge in [-0.15, -0.1) is 11.3 Å². The lowest BCUT2D eigenvalue weighted by Gasteiger charge is -2.23. The number of aromatic nitrogens is 6. The molecule has 0 radical (unpaired) electrons. The highest BCUT2D eigenvalue weighted by Gasteiger charge is 2.43. The maximum absolute atomic E-state index is 13.9. The number of pyridine rings is 2. The Morgan fingerprint density at radius 2 is 1.97 bits per heavy atom. The predicted molar refractivity (Wildman–Crippen MR) is 141 cm³/mol. The standard InChI is InChI=1S/C26H26N8OS/c1-3-33-22(25(35)34(15-7-8-15)16-9-10-16)14(2)19-20-21(29-13-28-20)23(31-24(19)33)32-26-30-18(12-36-26)17-6-4-5-11-27-17/h4-6,11-13,15-16H,3,7-10H2,1-2H3,(H,28,29)(H,30,31,32). The van der Waals surface area contributed by atoms with Gasteiger partial charge in [-0.1, -0.05) is 6.07 Å². The largest absolute Gasteiger partial charge is 0.342 e. The number of carbonyl (C=O) groups excluding carboxylic acids is 1. The molecule has 7 rings (SSSR count). The van der Waals surface area contributed by atoms with Crippen molar-refractivity contribution in [1.29, 1.82) is 0 Å². The molecule has 36 heavy (non-hydrogen) atoms. The Bertz CT molecular complexity index is 1600. The second-order valence-corrected chi connectivity index (χ2v) is 10.4. The number of carbonyl (C=O) groups is 1. The van der Waals surface area contributed by atoms with Crippen molar-refractivity contribution in [3.63, 3.8) is 0 Å². The Hall–Kier alpha value is -3.79. The molecule has 182 valence electrons. The molecule has 2 fully saturated rings. The maximum atomic E-state index is 13.9. The molecular formula is C26H26N8OS. The lowest BCUT2D eigenvalue weighted by molar-refractivity contribution is 0.0718. The van der Waals surface area contributed by atoms with Crippen molar-refractivity contribution >= 4 is 50.3 Å². The van der Waals surface area contributed by atoms with Gasteiger partial charge in [0.15, 0.2) is 10.9 Å². The number of hydrogen-bond donors (Lipinski definition) is 2. The Morgan fingerprint density at radius 3 is 2.67 bits per heavy atom. The van der Waals surface area contributed by atoms with Crippen molar-refractivity contribution < 1.29 is 4.79 Å². The van der Waals surface area contributed by atoms with Gasteiger partial charge in [-0.2, -0.15) is 0 Å². The summed E-state index contributed by atoms with van der Waals surface area (Å²) in [7, 11) is 0.